The van der Waals surface area contributed by atoms with Gasteiger partial charge in [-0.05, 0) is 24.3 Å². The average Bonchev–Trinajstić information content (AvgIpc) is 2.18. The molecule has 0 aliphatic carbocycles. The van der Waals surface area contributed by atoms with E-state index in [0.717, 1.165) is 0 Å². The van der Waals surface area contributed by atoms with Gasteiger partial charge in [0.25, 0.3) is 0 Å². The van der Waals surface area contributed by atoms with Crippen LogP contribution in [0.5, 0.6) is 5.75 Å². The van der Waals surface area contributed by atoms with Gasteiger partial charge in [-0.15, -0.1) is 0 Å². The van der Waals surface area contributed by atoms with E-state index in [1.165, 1.54) is 24.3 Å². The number of carboxylic acid groups (broad SMARTS) is 1. The number of carbonyl (C=O) groups excluding carboxylic acids is 1. The lowest BCUT2D eigenvalue weighted by Crippen LogP contribution is -2.08. The van der Waals surface area contributed by atoms with E-state index in [9.17, 15) is 9.59 Å². The number of carbonyl (C=O) groups is 2. The molecule has 0 heterocycles. The third kappa shape index (κ3) is 2.99. The number of hydrogen-bond acceptors (Lipinski definition) is 3. The van der Waals surface area contributed by atoms with Crippen molar-refractivity contribution in [3.63, 3.8) is 0 Å². The second kappa shape index (κ2) is 4.94. The summed E-state index contributed by atoms with van der Waals surface area (Å²) in [6.45, 7) is 0. The predicted molar refractivity (Wildman–Crippen MR) is 57.9 cm³/mol. The van der Waals surface area contributed by atoms with Crippen molar-refractivity contribution in [2.75, 3.05) is 4.43 Å². The molecule has 1 aromatic rings. The molecule has 0 radical (unpaired) electrons. The number of alkyl halides is 1. The fourth-order valence-electron chi connectivity index (χ4n) is 0.824. The van der Waals surface area contributed by atoms with Gasteiger partial charge in [0, 0.05) is 0 Å². The largest absolute Gasteiger partial charge is 0.478 e. The topological polar surface area (TPSA) is 63.6 Å². The predicted octanol–water partition coefficient (Wildman–Crippen LogP) is 1.73. The number of aromatic carboxylic acids is 1. The van der Waals surface area contributed by atoms with Crippen molar-refractivity contribution in [3.05, 3.63) is 29.8 Å². The molecule has 0 fully saturated rings. The van der Waals surface area contributed by atoms with Crippen molar-refractivity contribution in [3.8, 4) is 5.75 Å². The third-order valence-corrected chi connectivity index (χ3v) is 2.06. The highest BCUT2D eigenvalue weighted by Crippen LogP contribution is 2.12. The van der Waals surface area contributed by atoms with Crippen molar-refractivity contribution in [2.45, 2.75) is 0 Å². The molecule has 4 nitrogen and oxygen atoms in total. The summed E-state index contributed by atoms with van der Waals surface area (Å²) in [7, 11) is 0. The van der Waals surface area contributed by atoms with Gasteiger partial charge in [-0.1, -0.05) is 22.6 Å². The molecule has 0 aromatic heterocycles. The van der Waals surface area contributed by atoms with Crippen LogP contribution in [-0.4, -0.2) is 21.5 Å². The summed E-state index contributed by atoms with van der Waals surface area (Å²) in [5.74, 6) is -0.998. The molecular weight excluding hydrogens is 299 g/mol. The minimum Gasteiger partial charge on any atom is -0.478 e. The first-order chi connectivity index (χ1) is 6.63. The SMILES string of the molecule is O=C(CI)Oc1ccc(C(=O)O)cc1. The zero-order chi connectivity index (χ0) is 10.6. The molecule has 0 spiro atoms. The Morgan fingerprint density at radius 3 is 2.29 bits per heavy atom. The monoisotopic (exact) mass is 306 g/mol. The van der Waals surface area contributed by atoms with Crippen LogP contribution in [0.1, 0.15) is 10.4 Å². The molecule has 0 saturated heterocycles. The molecule has 1 aromatic carbocycles. The molecule has 74 valence electrons. The Morgan fingerprint density at radius 2 is 1.86 bits per heavy atom. The Hall–Kier alpha value is -1.11. The van der Waals surface area contributed by atoms with E-state index < -0.39 is 5.97 Å². The molecule has 0 amide bonds. The minimum atomic E-state index is -1.00. The Balaban J connectivity index is 2.73. The van der Waals surface area contributed by atoms with Crippen LogP contribution in [0.4, 0.5) is 0 Å². The highest BCUT2D eigenvalue weighted by Gasteiger charge is 2.04. The summed E-state index contributed by atoms with van der Waals surface area (Å²) in [6.07, 6.45) is 0. The molecule has 1 N–H and O–H groups in total. The van der Waals surface area contributed by atoms with Gasteiger partial charge in [-0.3, -0.25) is 4.79 Å². The first-order valence-corrected chi connectivity index (χ1v) is 5.26. The van der Waals surface area contributed by atoms with Crippen LogP contribution in [-0.2, 0) is 4.79 Å². The number of rotatable bonds is 3. The van der Waals surface area contributed by atoms with Crippen LogP contribution >= 0.6 is 22.6 Å². The minimum absolute atomic E-state index is 0.166. The number of ether oxygens (including phenoxy) is 1. The van der Waals surface area contributed by atoms with Crippen molar-refractivity contribution in [1.82, 2.24) is 0 Å². The molecule has 0 unspecified atom stereocenters. The number of carboxylic acids is 1. The average molecular weight is 306 g/mol. The Morgan fingerprint density at radius 1 is 1.29 bits per heavy atom. The number of esters is 1. The summed E-state index contributed by atoms with van der Waals surface area (Å²) in [6, 6.07) is 5.68. The molecule has 1 rings (SSSR count). The van der Waals surface area contributed by atoms with Crippen LogP contribution in [0.15, 0.2) is 24.3 Å². The normalized spacial score (nSPS) is 9.50. The van der Waals surface area contributed by atoms with Gasteiger partial charge in [0.1, 0.15) is 5.75 Å². The van der Waals surface area contributed by atoms with E-state index in [0.29, 0.717) is 5.75 Å². The Labute approximate surface area is 94.0 Å². The maximum Gasteiger partial charge on any atom is 0.335 e. The molecule has 0 saturated carbocycles. The van der Waals surface area contributed by atoms with Crippen molar-refractivity contribution in [1.29, 1.82) is 0 Å². The number of benzene rings is 1. The summed E-state index contributed by atoms with van der Waals surface area (Å²) in [4.78, 5) is 21.3. The smallest absolute Gasteiger partial charge is 0.335 e. The van der Waals surface area contributed by atoms with Crippen molar-refractivity contribution in [2.24, 2.45) is 0 Å². The summed E-state index contributed by atoms with van der Waals surface area (Å²) >= 11 is 1.89. The second-order valence-electron chi connectivity index (χ2n) is 2.44. The molecule has 5 heteroatoms. The van der Waals surface area contributed by atoms with Gasteiger partial charge in [-0.2, -0.15) is 0 Å². The lowest BCUT2D eigenvalue weighted by molar-refractivity contribution is -0.131. The van der Waals surface area contributed by atoms with Gasteiger partial charge in [-0.25, -0.2) is 4.79 Å². The fourth-order valence-corrected chi connectivity index (χ4v) is 0.980. The first kappa shape index (κ1) is 11.0. The highest BCUT2D eigenvalue weighted by atomic mass is 127. The van der Waals surface area contributed by atoms with Crippen molar-refractivity contribution < 1.29 is 19.4 Å². The quantitative estimate of drug-likeness (QED) is 0.400. The molecule has 0 aliphatic rings. The Kier molecular flexibility index (Phi) is 3.87. The molecule has 0 atom stereocenters. The zero-order valence-corrected chi connectivity index (χ0v) is 9.22. The van der Waals surface area contributed by atoms with Crippen LogP contribution in [0, 0.1) is 0 Å². The van der Waals surface area contributed by atoms with Crippen LogP contribution < -0.4 is 4.74 Å². The van der Waals surface area contributed by atoms with E-state index >= 15 is 0 Å². The van der Waals surface area contributed by atoms with E-state index in [1.807, 2.05) is 22.6 Å². The summed E-state index contributed by atoms with van der Waals surface area (Å²) < 4.78 is 5.12. The lowest BCUT2D eigenvalue weighted by atomic mass is 10.2. The van der Waals surface area contributed by atoms with Crippen LogP contribution in [0.3, 0.4) is 0 Å². The standard InChI is InChI=1S/C9H7IO4/c10-5-8(11)14-7-3-1-6(2-4-7)9(12)13/h1-4H,5H2,(H,12,13). The van der Waals surface area contributed by atoms with Gasteiger partial charge >= 0.3 is 11.9 Å². The summed E-state index contributed by atoms with van der Waals surface area (Å²) in [5, 5.41) is 8.59. The fraction of sp³-hybridized carbons (Fsp3) is 0.111. The number of hydrogen-bond donors (Lipinski definition) is 1. The lowest BCUT2D eigenvalue weighted by Gasteiger charge is -2.01. The van der Waals surface area contributed by atoms with Crippen molar-refractivity contribution >= 4 is 34.5 Å². The zero-order valence-electron chi connectivity index (χ0n) is 7.07. The van der Waals surface area contributed by atoms with Gasteiger partial charge in [0.2, 0.25) is 0 Å². The van der Waals surface area contributed by atoms with Gasteiger partial charge < -0.3 is 9.84 Å². The highest BCUT2D eigenvalue weighted by molar-refractivity contribution is 14.1. The van der Waals surface area contributed by atoms with E-state index in [2.05, 4.69) is 0 Å². The molecule has 14 heavy (non-hydrogen) atoms. The maximum absolute atomic E-state index is 10.9. The molecular formula is C9H7IO4. The second-order valence-corrected chi connectivity index (χ2v) is 3.20. The van der Waals surface area contributed by atoms with E-state index in [-0.39, 0.29) is 16.0 Å². The Bertz CT molecular complexity index is 344. The first-order valence-electron chi connectivity index (χ1n) is 3.73. The molecule has 0 aliphatic heterocycles. The van der Waals surface area contributed by atoms with Gasteiger partial charge in [0.15, 0.2) is 0 Å². The van der Waals surface area contributed by atoms with Crippen LogP contribution in [0.2, 0.25) is 0 Å². The van der Waals surface area contributed by atoms with Gasteiger partial charge in [0.05, 0.1) is 9.99 Å². The molecule has 0 bridgehead atoms. The van der Waals surface area contributed by atoms with Crippen LogP contribution in [0.25, 0.3) is 0 Å². The maximum atomic E-state index is 10.9. The number of halogens is 1. The van der Waals surface area contributed by atoms with E-state index in [4.69, 9.17) is 9.84 Å². The summed E-state index contributed by atoms with van der Waals surface area (Å²) in [5.41, 5.74) is 0.166. The van der Waals surface area contributed by atoms with E-state index in [1.54, 1.807) is 0 Å². The third-order valence-electron chi connectivity index (χ3n) is 1.44.